The molecule has 0 aliphatic heterocycles. The Morgan fingerprint density at radius 2 is 1.18 bits per heavy atom. The first-order chi connectivity index (χ1) is 10.5. The van der Waals surface area contributed by atoms with Crippen LogP contribution in [0.5, 0.6) is 0 Å². The Bertz CT molecular complexity index is 733. The number of nitrogens with zero attached hydrogens (tertiary/aromatic N) is 1. The van der Waals surface area contributed by atoms with Gasteiger partial charge < -0.3 is 0 Å². The summed E-state index contributed by atoms with van der Waals surface area (Å²) in [7, 11) is 0. The highest BCUT2D eigenvalue weighted by Gasteiger charge is 2.13. The highest BCUT2D eigenvalue weighted by Crippen LogP contribution is 2.27. The van der Waals surface area contributed by atoms with Gasteiger partial charge in [0.25, 0.3) is 0 Å². The molecule has 2 aromatic carbocycles. The first-order valence-electron chi connectivity index (χ1n) is 7.66. The molecule has 22 heavy (non-hydrogen) atoms. The van der Waals surface area contributed by atoms with E-state index in [0.717, 1.165) is 11.3 Å². The third kappa shape index (κ3) is 3.09. The zero-order chi connectivity index (χ0) is 15.6. The first kappa shape index (κ1) is 14.5. The molecular formula is C21H21N. The number of hydrogen-bond donors (Lipinski definition) is 0. The number of benzene rings is 2. The Balaban J connectivity index is 1.87. The second-order valence-electron chi connectivity index (χ2n) is 6.62. The van der Waals surface area contributed by atoms with Crippen LogP contribution in [0.1, 0.15) is 26.3 Å². The van der Waals surface area contributed by atoms with Gasteiger partial charge in [-0.05, 0) is 34.2 Å². The van der Waals surface area contributed by atoms with Crippen LogP contribution < -0.4 is 0 Å². The predicted molar refractivity (Wildman–Crippen MR) is 93.8 cm³/mol. The molecule has 1 heterocycles. The summed E-state index contributed by atoms with van der Waals surface area (Å²) < 4.78 is 0. The van der Waals surface area contributed by atoms with Gasteiger partial charge >= 0.3 is 0 Å². The maximum Gasteiger partial charge on any atom is 0.0701 e. The van der Waals surface area contributed by atoms with Crippen molar-refractivity contribution >= 4 is 0 Å². The average Bonchev–Trinajstić information content (AvgIpc) is 2.55. The summed E-state index contributed by atoms with van der Waals surface area (Å²) in [6.45, 7) is 6.72. The molecule has 110 valence electrons. The van der Waals surface area contributed by atoms with E-state index in [-0.39, 0.29) is 5.41 Å². The fraction of sp³-hybridized carbons (Fsp3) is 0.190. The van der Waals surface area contributed by atoms with Crippen molar-refractivity contribution in [1.29, 1.82) is 0 Å². The van der Waals surface area contributed by atoms with Crippen molar-refractivity contribution in [3.63, 3.8) is 0 Å². The Hall–Kier alpha value is -2.41. The summed E-state index contributed by atoms with van der Waals surface area (Å²) in [5.74, 6) is 0. The zero-order valence-electron chi connectivity index (χ0n) is 13.4. The van der Waals surface area contributed by atoms with Crippen molar-refractivity contribution in [2.24, 2.45) is 0 Å². The van der Waals surface area contributed by atoms with Crippen LogP contribution in [0, 0.1) is 0 Å². The fourth-order valence-corrected chi connectivity index (χ4v) is 2.53. The normalized spacial score (nSPS) is 11.4. The number of pyridine rings is 1. The van der Waals surface area contributed by atoms with E-state index in [9.17, 15) is 0 Å². The van der Waals surface area contributed by atoms with Crippen molar-refractivity contribution in [3.05, 3.63) is 78.5 Å². The van der Waals surface area contributed by atoms with Gasteiger partial charge in [-0.25, -0.2) is 0 Å². The summed E-state index contributed by atoms with van der Waals surface area (Å²) >= 11 is 0. The van der Waals surface area contributed by atoms with Crippen molar-refractivity contribution < 1.29 is 0 Å². The smallest absolute Gasteiger partial charge is 0.0701 e. The molecule has 0 radical (unpaired) electrons. The van der Waals surface area contributed by atoms with Crippen molar-refractivity contribution in [2.75, 3.05) is 0 Å². The second kappa shape index (κ2) is 5.76. The van der Waals surface area contributed by atoms with Crippen molar-refractivity contribution in [1.82, 2.24) is 4.98 Å². The Labute approximate surface area is 132 Å². The molecule has 1 heteroatoms. The summed E-state index contributed by atoms with van der Waals surface area (Å²) in [5, 5.41) is 0. The minimum absolute atomic E-state index is 0.196. The van der Waals surface area contributed by atoms with Gasteiger partial charge in [0.15, 0.2) is 0 Å². The zero-order valence-corrected chi connectivity index (χ0v) is 13.4. The largest absolute Gasteiger partial charge is 0.256 e. The van der Waals surface area contributed by atoms with Crippen LogP contribution in [-0.4, -0.2) is 4.98 Å². The molecular weight excluding hydrogens is 266 g/mol. The number of hydrogen-bond acceptors (Lipinski definition) is 1. The lowest BCUT2D eigenvalue weighted by Crippen LogP contribution is -2.10. The van der Waals surface area contributed by atoms with E-state index in [1.165, 1.54) is 16.7 Å². The monoisotopic (exact) mass is 287 g/mol. The molecule has 0 amide bonds. The topological polar surface area (TPSA) is 12.9 Å². The van der Waals surface area contributed by atoms with Crippen LogP contribution >= 0.6 is 0 Å². The molecule has 0 spiro atoms. The molecule has 1 nitrogen and oxygen atoms in total. The van der Waals surface area contributed by atoms with Crippen LogP contribution in [0.4, 0.5) is 0 Å². The summed E-state index contributed by atoms with van der Waals surface area (Å²) in [6.07, 6.45) is 1.83. The number of aromatic nitrogens is 1. The predicted octanol–water partition coefficient (Wildman–Crippen LogP) is 5.71. The van der Waals surface area contributed by atoms with E-state index in [1.807, 2.05) is 24.4 Å². The van der Waals surface area contributed by atoms with Gasteiger partial charge in [0, 0.05) is 11.8 Å². The van der Waals surface area contributed by atoms with Crippen molar-refractivity contribution in [3.8, 4) is 22.4 Å². The molecule has 0 saturated heterocycles. The lowest BCUT2D eigenvalue weighted by atomic mass is 9.86. The third-order valence-corrected chi connectivity index (χ3v) is 3.93. The Morgan fingerprint density at radius 1 is 0.636 bits per heavy atom. The standard InChI is InChI=1S/C21H21N/c1-21(2,3)19-13-11-17(12-14-19)16-7-9-18(10-8-16)20-6-4-5-15-22-20/h4-15H,1-3H3. The van der Waals surface area contributed by atoms with Gasteiger partial charge in [-0.2, -0.15) is 0 Å². The van der Waals surface area contributed by atoms with E-state index >= 15 is 0 Å². The summed E-state index contributed by atoms with van der Waals surface area (Å²) in [4.78, 5) is 4.39. The molecule has 0 bridgehead atoms. The SMILES string of the molecule is CC(C)(C)c1ccc(-c2ccc(-c3ccccn3)cc2)cc1. The van der Waals surface area contributed by atoms with Crippen LogP contribution in [0.25, 0.3) is 22.4 Å². The van der Waals surface area contributed by atoms with Crippen LogP contribution in [-0.2, 0) is 5.41 Å². The van der Waals surface area contributed by atoms with Gasteiger partial charge in [0.05, 0.1) is 5.69 Å². The van der Waals surface area contributed by atoms with Gasteiger partial charge in [0.2, 0.25) is 0 Å². The van der Waals surface area contributed by atoms with E-state index in [0.29, 0.717) is 0 Å². The van der Waals surface area contributed by atoms with Crippen LogP contribution in [0.2, 0.25) is 0 Å². The van der Waals surface area contributed by atoms with Gasteiger partial charge in [-0.3, -0.25) is 4.98 Å². The lowest BCUT2D eigenvalue weighted by molar-refractivity contribution is 0.590. The second-order valence-corrected chi connectivity index (χ2v) is 6.62. The maximum absolute atomic E-state index is 4.39. The van der Waals surface area contributed by atoms with E-state index in [4.69, 9.17) is 0 Å². The molecule has 3 aromatic rings. The lowest BCUT2D eigenvalue weighted by Gasteiger charge is -2.19. The van der Waals surface area contributed by atoms with Gasteiger partial charge in [0.1, 0.15) is 0 Å². The number of rotatable bonds is 2. The van der Waals surface area contributed by atoms with Crippen LogP contribution in [0.15, 0.2) is 72.9 Å². The first-order valence-corrected chi connectivity index (χ1v) is 7.66. The molecule has 0 aliphatic carbocycles. The van der Waals surface area contributed by atoms with Crippen LogP contribution in [0.3, 0.4) is 0 Å². The fourth-order valence-electron chi connectivity index (χ4n) is 2.53. The van der Waals surface area contributed by atoms with E-state index < -0.39 is 0 Å². The quantitative estimate of drug-likeness (QED) is 0.588. The van der Waals surface area contributed by atoms with E-state index in [1.54, 1.807) is 0 Å². The summed E-state index contributed by atoms with van der Waals surface area (Å²) in [6, 6.07) is 23.4. The van der Waals surface area contributed by atoms with Gasteiger partial charge in [-0.1, -0.05) is 75.4 Å². The molecule has 1 aromatic heterocycles. The molecule has 3 rings (SSSR count). The highest BCUT2D eigenvalue weighted by molar-refractivity contribution is 5.69. The molecule has 0 saturated carbocycles. The minimum atomic E-state index is 0.196. The van der Waals surface area contributed by atoms with Crippen molar-refractivity contribution in [2.45, 2.75) is 26.2 Å². The third-order valence-electron chi connectivity index (χ3n) is 3.93. The molecule has 0 aliphatic rings. The Kier molecular flexibility index (Phi) is 3.81. The van der Waals surface area contributed by atoms with Gasteiger partial charge in [-0.15, -0.1) is 0 Å². The average molecular weight is 287 g/mol. The molecule has 0 N–H and O–H groups in total. The maximum atomic E-state index is 4.39. The molecule has 0 unspecified atom stereocenters. The van der Waals surface area contributed by atoms with E-state index in [2.05, 4.69) is 74.3 Å². The molecule has 0 fully saturated rings. The highest BCUT2D eigenvalue weighted by atomic mass is 14.7. The minimum Gasteiger partial charge on any atom is -0.256 e. The summed E-state index contributed by atoms with van der Waals surface area (Å²) in [5.41, 5.74) is 6.20. The Morgan fingerprint density at radius 3 is 1.68 bits per heavy atom. The molecule has 0 atom stereocenters.